The van der Waals surface area contributed by atoms with Gasteiger partial charge in [0.2, 0.25) is 0 Å². The quantitative estimate of drug-likeness (QED) is 0.152. The van der Waals surface area contributed by atoms with Crippen LogP contribution in [0.2, 0.25) is 0 Å². The maximum atomic E-state index is 13.1. The van der Waals surface area contributed by atoms with Crippen LogP contribution in [0, 0.1) is 0 Å². The van der Waals surface area contributed by atoms with Crippen molar-refractivity contribution in [2.75, 3.05) is 17.3 Å². The first kappa shape index (κ1) is 32.1. The number of aromatic amines is 2. The van der Waals surface area contributed by atoms with Crippen molar-refractivity contribution in [3.63, 3.8) is 0 Å². The molecule has 49 heavy (non-hydrogen) atoms. The van der Waals surface area contributed by atoms with Crippen LogP contribution in [0.5, 0.6) is 11.5 Å². The van der Waals surface area contributed by atoms with E-state index in [0.717, 1.165) is 12.4 Å². The molecule has 2 amide bonds. The number of amides is 2. The number of carbonyl (C=O) groups excluding carboxylic acids is 2. The van der Waals surface area contributed by atoms with Crippen LogP contribution in [0.4, 0.5) is 11.4 Å². The summed E-state index contributed by atoms with van der Waals surface area (Å²) in [7, 11) is -3.69. The number of hydrogen-bond acceptors (Lipinski definition) is 13. The highest BCUT2D eigenvalue weighted by Gasteiger charge is 2.21. The molecule has 0 spiro atoms. The molecule has 0 aliphatic rings. The summed E-state index contributed by atoms with van der Waals surface area (Å²) in [6.07, 6.45) is 5.23. The highest BCUT2D eigenvalue weighted by Crippen LogP contribution is 2.45. The van der Waals surface area contributed by atoms with Crippen molar-refractivity contribution in [2.45, 2.75) is 0 Å². The van der Waals surface area contributed by atoms with Gasteiger partial charge < -0.3 is 29.6 Å². The SMILES string of the molecule is CP(=O)(Oc1ccc(NC(=O)c2cnc(-c3cccnn3)[nH]c2=O)cc1)Oc1ccc(NC(=O)c2cnc(-c3cccnn3)[nH]c2=O)cc1. The molecule has 18 heteroatoms. The number of H-pyrrole nitrogens is 2. The second-order valence-electron chi connectivity index (χ2n) is 10.1. The minimum atomic E-state index is -3.69. The second kappa shape index (κ2) is 13.9. The third kappa shape index (κ3) is 7.93. The average Bonchev–Trinajstić information content (AvgIpc) is 3.10. The van der Waals surface area contributed by atoms with E-state index in [1.807, 2.05) is 0 Å². The van der Waals surface area contributed by atoms with Gasteiger partial charge in [0.25, 0.3) is 22.9 Å². The third-order valence-corrected chi connectivity index (χ3v) is 7.57. The molecule has 4 heterocycles. The average molecular weight is 679 g/mol. The Kier molecular flexibility index (Phi) is 9.08. The molecule has 0 bridgehead atoms. The Bertz CT molecular complexity index is 2140. The first-order valence-corrected chi connectivity index (χ1v) is 16.2. The number of aromatic nitrogens is 8. The molecule has 0 atom stereocenters. The zero-order chi connectivity index (χ0) is 34.4. The van der Waals surface area contributed by atoms with Gasteiger partial charge in [-0.15, -0.1) is 10.2 Å². The number of hydrogen-bond donors (Lipinski definition) is 4. The van der Waals surface area contributed by atoms with Crippen LogP contribution in [0.1, 0.15) is 20.7 Å². The Morgan fingerprint density at radius 1 is 0.653 bits per heavy atom. The molecular formula is C31H23N10O7P. The molecule has 0 aliphatic heterocycles. The minimum absolute atomic E-state index is 0.165. The highest BCUT2D eigenvalue weighted by atomic mass is 31.2. The smallest absolute Gasteiger partial charge is 0.416 e. The lowest BCUT2D eigenvalue weighted by atomic mass is 10.2. The van der Waals surface area contributed by atoms with E-state index < -0.39 is 30.5 Å². The zero-order valence-electron chi connectivity index (χ0n) is 25.2. The molecule has 4 N–H and O–H groups in total. The summed E-state index contributed by atoms with van der Waals surface area (Å²) in [5.74, 6) is -0.694. The highest BCUT2D eigenvalue weighted by molar-refractivity contribution is 7.53. The first-order valence-electron chi connectivity index (χ1n) is 14.2. The number of anilines is 2. The maximum absolute atomic E-state index is 13.1. The number of benzene rings is 2. The van der Waals surface area contributed by atoms with Crippen LogP contribution >= 0.6 is 7.60 Å². The van der Waals surface area contributed by atoms with E-state index in [1.165, 1.54) is 67.6 Å². The molecule has 0 fully saturated rings. The Hall–Kier alpha value is -6.87. The standard InChI is InChI=1S/C31H23N10O7P/c1-49(46,47-20-10-6-18(7-11-20)36-28(42)22-16-32-26(38-30(22)44)24-4-2-14-34-40-24)48-21-12-8-19(9-13-21)37-29(43)23-17-33-27(39-31(23)45)25-5-3-15-35-41-25/h2-17H,1H3,(H,36,42)(H,37,43)(H,32,38,44)(H,33,39,45). The largest absolute Gasteiger partial charge is 0.427 e. The molecule has 0 aliphatic carbocycles. The van der Waals surface area contributed by atoms with E-state index in [0.29, 0.717) is 22.8 Å². The topological polar surface area (TPSA) is 237 Å². The van der Waals surface area contributed by atoms with Gasteiger partial charge in [0, 0.05) is 36.2 Å². The minimum Gasteiger partial charge on any atom is -0.416 e. The fourth-order valence-corrected chi connectivity index (χ4v) is 5.27. The predicted molar refractivity (Wildman–Crippen MR) is 175 cm³/mol. The summed E-state index contributed by atoms with van der Waals surface area (Å²) in [6, 6.07) is 18.3. The molecule has 17 nitrogen and oxygen atoms in total. The van der Waals surface area contributed by atoms with Gasteiger partial charge in [0.15, 0.2) is 11.6 Å². The molecule has 2 aromatic carbocycles. The van der Waals surface area contributed by atoms with Crippen LogP contribution in [-0.2, 0) is 4.57 Å². The summed E-state index contributed by atoms with van der Waals surface area (Å²) in [5, 5.41) is 20.4. The maximum Gasteiger partial charge on any atom is 0.427 e. The van der Waals surface area contributed by atoms with Crippen molar-refractivity contribution < 1.29 is 23.2 Å². The molecule has 0 saturated carbocycles. The number of nitrogens with zero attached hydrogens (tertiary/aromatic N) is 6. The molecule has 6 aromatic rings. The third-order valence-electron chi connectivity index (χ3n) is 6.48. The summed E-state index contributed by atoms with van der Waals surface area (Å²) in [4.78, 5) is 63.5. The van der Waals surface area contributed by atoms with Gasteiger partial charge in [0.1, 0.15) is 34.0 Å². The molecule has 4 aromatic heterocycles. The van der Waals surface area contributed by atoms with Crippen LogP contribution in [0.25, 0.3) is 23.0 Å². The van der Waals surface area contributed by atoms with Crippen LogP contribution < -0.4 is 30.8 Å². The Labute approximate surface area is 275 Å². The van der Waals surface area contributed by atoms with E-state index in [-0.39, 0.29) is 34.3 Å². The molecule has 6 rings (SSSR count). The normalized spacial score (nSPS) is 11.0. The molecule has 0 radical (unpaired) electrons. The van der Waals surface area contributed by atoms with Gasteiger partial charge in [-0.1, -0.05) is 0 Å². The van der Waals surface area contributed by atoms with Gasteiger partial charge in [0.05, 0.1) is 6.66 Å². The Morgan fingerprint density at radius 2 is 1.06 bits per heavy atom. The number of rotatable bonds is 10. The van der Waals surface area contributed by atoms with E-state index in [1.54, 1.807) is 24.3 Å². The predicted octanol–water partition coefficient (Wildman–Crippen LogP) is 3.55. The molecular weight excluding hydrogens is 655 g/mol. The lowest BCUT2D eigenvalue weighted by Gasteiger charge is -2.17. The fraction of sp³-hybridized carbons (Fsp3) is 0.0323. The Balaban J connectivity index is 1.03. The molecule has 0 unspecified atom stereocenters. The second-order valence-corrected chi connectivity index (χ2v) is 12.0. The van der Waals surface area contributed by atoms with Crippen molar-refractivity contribution in [3.8, 4) is 34.5 Å². The van der Waals surface area contributed by atoms with Crippen LogP contribution in [-0.4, -0.2) is 58.8 Å². The lowest BCUT2D eigenvalue weighted by Crippen LogP contribution is -2.24. The van der Waals surface area contributed by atoms with Gasteiger partial charge >= 0.3 is 7.60 Å². The fourth-order valence-electron chi connectivity index (χ4n) is 4.23. The summed E-state index contributed by atoms with van der Waals surface area (Å²) in [5.41, 5.74) is -0.411. The van der Waals surface area contributed by atoms with E-state index in [9.17, 15) is 23.7 Å². The van der Waals surface area contributed by atoms with Crippen molar-refractivity contribution in [1.29, 1.82) is 0 Å². The molecule has 244 valence electrons. The monoisotopic (exact) mass is 678 g/mol. The van der Waals surface area contributed by atoms with Crippen LogP contribution in [0.3, 0.4) is 0 Å². The summed E-state index contributed by atoms with van der Waals surface area (Å²) >= 11 is 0. The van der Waals surface area contributed by atoms with E-state index in [2.05, 4.69) is 51.0 Å². The number of carbonyl (C=O) groups is 2. The number of nitrogens with one attached hydrogen (secondary N) is 4. The lowest BCUT2D eigenvalue weighted by molar-refractivity contribution is 0.101. The van der Waals surface area contributed by atoms with Crippen molar-refractivity contribution >= 4 is 30.8 Å². The van der Waals surface area contributed by atoms with Gasteiger partial charge in [-0.05, 0) is 72.8 Å². The van der Waals surface area contributed by atoms with Crippen molar-refractivity contribution in [2.24, 2.45) is 0 Å². The van der Waals surface area contributed by atoms with Crippen molar-refractivity contribution in [3.05, 3.63) is 129 Å². The van der Waals surface area contributed by atoms with Crippen LogP contribution in [0.15, 0.2) is 107 Å². The van der Waals surface area contributed by atoms with E-state index >= 15 is 0 Å². The zero-order valence-corrected chi connectivity index (χ0v) is 26.1. The molecule has 0 saturated heterocycles. The Morgan fingerprint density at radius 3 is 1.41 bits per heavy atom. The van der Waals surface area contributed by atoms with E-state index in [4.69, 9.17) is 9.05 Å². The van der Waals surface area contributed by atoms with Gasteiger partial charge in [-0.2, -0.15) is 10.2 Å². The summed E-state index contributed by atoms with van der Waals surface area (Å²) in [6.45, 7) is 1.27. The summed E-state index contributed by atoms with van der Waals surface area (Å²) < 4.78 is 24.2. The van der Waals surface area contributed by atoms with Gasteiger partial charge in [-0.25, -0.2) is 14.5 Å². The van der Waals surface area contributed by atoms with Gasteiger partial charge in [-0.3, -0.25) is 19.2 Å². The first-order chi connectivity index (χ1) is 23.6. The van der Waals surface area contributed by atoms with Crippen molar-refractivity contribution in [1.82, 2.24) is 40.3 Å².